The van der Waals surface area contributed by atoms with Crippen LogP contribution in [0.2, 0.25) is 5.02 Å². The number of aromatic nitrogens is 3. The highest BCUT2D eigenvalue weighted by Crippen LogP contribution is 2.67. The maximum Gasteiger partial charge on any atom is 0.137 e. The van der Waals surface area contributed by atoms with Crippen molar-refractivity contribution in [2.75, 3.05) is 6.61 Å². The molecule has 1 aromatic heterocycles. The van der Waals surface area contributed by atoms with Crippen molar-refractivity contribution in [1.82, 2.24) is 14.8 Å². The normalized spacial score (nSPS) is 23.7. The van der Waals surface area contributed by atoms with E-state index < -0.39 is 15.9 Å². The number of halogens is 3. The summed E-state index contributed by atoms with van der Waals surface area (Å²) in [5, 5.41) is 16.1. The molecule has 1 fully saturated rings. The first-order chi connectivity index (χ1) is 12.5. The number of benzene rings is 1. The lowest BCUT2D eigenvalue weighted by atomic mass is 9.80. The van der Waals surface area contributed by atoms with Crippen LogP contribution < -0.4 is 4.74 Å². The molecule has 1 aliphatic rings. The molecule has 1 heterocycles. The summed E-state index contributed by atoms with van der Waals surface area (Å²) in [6.45, 7) is 6.27. The quantitative estimate of drug-likeness (QED) is 0.602. The summed E-state index contributed by atoms with van der Waals surface area (Å²) in [7, 11) is 0. The van der Waals surface area contributed by atoms with Gasteiger partial charge in [0.15, 0.2) is 0 Å². The maximum absolute atomic E-state index is 11.2. The molecule has 0 amide bonds. The van der Waals surface area contributed by atoms with Crippen LogP contribution in [0, 0.1) is 10.8 Å². The molecule has 5 nitrogen and oxygen atoms in total. The van der Waals surface area contributed by atoms with E-state index >= 15 is 0 Å². The van der Waals surface area contributed by atoms with E-state index in [-0.39, 0.29) is 11.5 Å². The van der Waals surface area contributed by atoms with Gasteiger partial charge in [-0.3, -0.25) is 0 Å². The third kappa shape index (κ3) is 4.53. The zero-order chi connectivity index (χ0) is 19.9. The fraction of sp³-hybridized carbons (Fsp3) is 0.579. The van der Waals surface area contributed by atoms with E-state index in [2.05, 4.69) is 10.1 Å². The SMILES string of the molecule is CC(C)(COc1ccc(Cl)cc1)C(O)C(CC1(C)CC1(Cl)Cl)n1cncn1. The van der Waals surface area contributed by atoms with Crippen molar-refractivity contribution in [3.05, 3.63) is 41.9 Å². The van der Waals surface area contributed by atoms with Gasteiger partial charge in [0, 0.05) is 15.9 Å². The summed E-state index contributed by atoms with van der Waals surface area (Å²) in [5.41, 5.74) is -0.830. The summed E-state index contributed by atoms with van der Waals surface area (Å²) in [4.78, 5) is 4.03. The van der Waals surface area contributed by atoms with Crippen molar-refractivity contribution in [3.63, 3.8) is 0 Å². The number of alkyl halides is 2. The third-order valence-electron chi connectivity index (χ3n) is 5.40. The lowest BCUT2D eigenvalue weighted by Crippen LogP contribution is -2.42. The van der Waals surface area contributed by atoms with Gasteiger partial charge in [-0.25, -0.2) is 9.67 Å². The predicted molar refractivity (Wildman–Crippen MR) is 108 cm³/mol. The van der Waals surface area contributed by atoms with Gasteiger partial charge in [0.2, 0.25) is 0 Å². The molecule has 1 aliphatic carbocycles. The monoisotopic (exact) mass is 431 g/mol. The molecule has 1 saturated carbocycles. The first-order valence-corrected chi connectivity index (χ1v) is 9.96. The van der Waals surface area contributed by atoms with Crippen LogP contribution in [0.3, 0.4) is 0 Å². The smallest absolute Gasteiger partial charge is 0.137 e. The van der Waals surface area contributed by atoms with E-state index in [1.807, 2.05) is 20.8 Å². The van der Waals surface area contributed by atoms with Crippen LogP contribution in [0.4, 0.5) is 0 Å². The molecule has 0 spiro atoms. The first kappa shape index (κ1) is 20.7. The lowest BCUT2D eigenvalue weighted by molar-refractivity contribution is -0.0298. The Balaban J connectivity index is 1.73. The molecule has 27 heavy (non-hydrogen) atoms. The number of hydrogen-bond acceptors (Lipinski definition) is 4. The molecule has 0 saturated heterocycles. The van der Waals surface area contributed by atoms with Gasteiger partial charge in [-0.05, 0) is 37.1 Å². The number of aliphatic hydroxyl groups is 1. The van der Waals surface area contributed by atoms with Crippen molar-refractivity contribution in [2.45, 2.75) is 50.1 Å². The fourth-order valence-electron chi connectivity index (χ4n) is 3.27. The largest absolute Gasteiger partial charge is 0.493 e. The number of rotatable bonds is 8. The van der Waals surface area contributed by atoms with Gasteiger partial charge < -0.3 is 9.84 Å². The van der Waals surface area contributed by atoms with Crippen molar-refractivity contribution < 1.29 is 9.84 Å². The highest BCUT2D eigenvalue weighted by atomic mass is 35.5. The Morgan fingerprint density at radius 3 is 2.44 bits per heavy atom. The van der Waals surface area contributed by atoms with Crippen LogP contribution in [0.25, 0.3) is 0 Å². The first-order valence-electron chi connectivity index (χ1n) is 8.82. The summed E-state index contributed by atoms with van der Waals surface area (Å²) in [6.07, 6.45) is 3.60. The molecule has 1 N–H and O–H groups in total. The lowest BCUT2D eigenvalue weighted by Gasteiger charge is -2.37. The summed E-state index contributed by atoms with van der Waals surface area (Å²) in [5.74, 6) is 0.701. The Labute approximate surface area is 174 Å². The molecular weight excluding hydrogens is 409 g/mol. The topological polar surface area (TPSA) is 60.2 Å². The number of ether oxygens (including phenoxy) is 1. The molecule has 0 bridgehead atoms. The Morgan fingerprint density at radius 2 is 1.93 bits per heavy atom. The minimum absolute atomic E-state index is 0.277. The minimum atomic E-state index is -0.768. The Bertz CT molecular complexity index is 765. The van der Waals surface area contributed by atoms with Crippen molar-refractivity contribution >= 4 is 34.8 Å². The van der Waals surface area contributed by atoms with Gasteiger partial charge in [-0.15, -0.1) is 23.2 Å². The highest BCUT2D eigenvalue weighted by Gasteiger charge is 2.64. The van der Waals surface area contributed by atoms with Gasteiger partial charge in [0.25, 0.3) is 0 Å². The van der Waals surface area contributed by atoms with E-state index in [0.717, 1.165) is 0 Å². The average molecular weight is 433 g/mol. The van der Waals surface area contributed by atoms with Gasteiger partial charge in [-0.2, -0.15) is 5.10 Å². The molecule has 2 aromatic rings. The zero-order valence-corrected chi connectivity index (χ0v) is 17.8. The number of aliphatic hydroxyl groups excluding tert-OH is 1. The maximum atomic E-state index is 11.2. The predicted octanol–water partition coefficient (Wildman–Crippen LogP) is 4.91. The average Bonchev–Trinajstić information content (AvgIpc) is 2.97. The third-order valence-corrected chi connectivity index (χ3v) is 6.83. The second kappa shape index (κ2) is 7.43. The van der Waals surface area contributed by atoms with E-state index in [4.69, 9.17) is 39.5 Å². The Morgan fingerprint density at radius 1 is 1.30 bits per heavy atom. The zero-order valence-electron chi connectivity index (χ0n) is 15.6. The molecule has 3 rings (SSSR count). The standard InChI is InChI=1S/C19H24Cl3N3O2/c1-17(2,10-27-14-6-4-13(20)5-7-14)16(26)15(25-12-23-11-24-25)8-18(3)9-19(18,21)22/h4-7,11-12,15-16,26H,8-10H2,1-3H3. The summed E-state index contributed by atoms with van der Waals surface area (Å²) in [6, 6.07) is 6.83. The molecule has 1 aromatic carbocycles. The number of hydrogen-bond donors (Lipinski definition) is 1. The molecule has 3 unspecified atom stereocenters. The molecule has 148 valence electrons. The van der Waals surface area contributed by atoms with Crippen molar-refractivity contribution in [1.29, 1.82) is 0 Å². The molecular formula is C19H24Cl3N3O2. The second-order valence-electron chi connectivity index (χ2n) is 8.26. The molecule has 0 radical (unpaired) electrons. The van der Waals surface area contributed by atoms with Gasteiger partial charge in [0.05, 0.1) is 18.8 Å². The highest BCUT2D eigenvalue weighted by molar-refractivity contribution is 6.51. The van der Waals surface area contributed by atoms with Crippen LogP contribution in [-0.2, 0) is 0 Å². The molecule has 8 heteroatoms. The van der Waals surface area contributed by atoms with Crippen molar-refractivity contribution in [3.8, 4) is 5.75 Å². The second-order valence-corrected chi connectivity index (χ2v) is 10.2. The fourth-order valence-corrected chi connectivity index (χ4v) is 4.14. The summed E-state index contributed by atoms with van der Waals surface area (Å²) < 4.78 is 6.80. The number of nitrogens with zero attached hydrogens (tertiary/aromatic N) is 3. The van der Waals surface area contributed by atoms with Gasteiger partial charge >= 0.3 is 0 Å². The van der Waals surface area contributed by atoms with Crippen LogP contribution in [-0.4, -0.2) is 36.9 Å². The van der Waals surface area contributed by atoms with E-state index in [0.29, 0.717) is 30.2 Å². The van der Waals surface area contributed by atoms with Crippen LogP contribution in [0.1, 0.15) is 39.7 Å². The Hall–Kier alpha value is -1.01. The molecule has 3 atom stereocenters. The van der Waals surface area contributed by atoms with E-state index in [9.17, 15) is 5.11 Å². The summed E-state index contributed by atoms with van der Waals surface area (Å²) >= 11 is 18.6. The van der Waals surface area contributed by atoms with Crippen LogP contribution in [0.5, 0.6) is 5.75 Å². The van der Waals surface area contributed by atoms with Gasteiger partial charge in [0.1, 0.15) is 22.7 Å². The van der Waals surface area contributed by atoms with E-state index in [1.165, 1.54) is 6.33 Å². The minimum Gasteiger partial charge on any atom is -0.493 e. The molecule has 0 aliphatic heterocycles. The van der Waals surface area contributed by atoms with Crippen molar-refractivity contribution in [2.24, 2.45) is 10.8 Å². The Kier molecular flexibility index (Phi) is 5.70. The van der Waals surface area contributed by atoms with Crippen LogP contribution in [0.15, 0.2) is 36.9 Å². The van der Waals surface area contributed by atoms with E-state index in [1.54, 1.807) is 35.3 Å². The van der Waals surface area contributed by atoms with Crippen LogP contribution >= 0.6 is 34.8 Å². The van der Waals surface area contributed by atoms with Gasteiger partial charge in [-0.1, -0.05) is 32.4 Å².